The van der Waals surface area contributed by atoms with Crippen molar-refractivity contribution >= 4 is 11.6 Å². The lowest BCUT2D eigenvalue weighted by Crippen LogP contribution is -2.38. The van der Waals surface area contributed by atoms with Gasteiger partial charge in [-0.2, -0.15) is 4.98 Å². The molecule has 124 valence electrons. The van der Waals surface area contributed by atoms with Crippen LogP contribution < -0.4 is 0 Å². The Hall–Kier alpha value is -1.43. The predicted octanol–water partition coefficient (Wildman–Crippen LogP) is 3.59. The molecule has 0 saturated carbocycles. The summed E-state index contributed by atoms with van der Waals surface area (Å²) in [5.41, 5.74) is 1.02. The van der Waals surface area contributed by atoms with E-state index in [-0.39, 0.29) is 11.5 Å². The molecule has 0 unspecified atom stereocenters. The van der Waals surface area contributed by atoms with Crippen LogP contribution in [0, 0.1) is 0 Å². The zero-order chi connectivity index (χ0) is 16.4. The molecule has 1 aliphatic heterocycles. The second-order valence-corrected chi connectivity index (χ2v) is 7.35. The molecule has 1 aromatic heterocycles. The second-order valence-electron chi connectivity index (χ2n) is 6.91. The third-order valence-corrected chi connectivity index (χ3v) is 4.12. The van der Waals surface area contributed by atoms with E-state index in [0.717, 1.165) is 29.5 Å². The highest BCUT2D eigenvalue weighted by atomic mass is 35.5. The Morgan fingerprint density at radius 3 is 2.65 bits per heavy atom. The number of hydrogen-bond acceptors (Lipinski definition) is 5. The number of hydrogen-bond donors (Lipinski definition) is 0. The standard InChI is InChI=1S/C17H22ClN3O2/c1-17(2,3)16-19-15(20-23-16)11-21-8-9-22-14(10-21)12-4-6-13(18)7-5-12/h4-7,14H,8-11H2,1-3H3/t14-/m1/s1. The van der Waals surface area contributed by atoms with Crippen LogP contribution in [0.1, 0.15) is 44.2 Å². The third-order valence-electron chi connectivity index (χ3n) is 3.87. The number of benzene rings is 1. The second kappa shape index (κ2) is 6.59. The molecule has 0 radical (unpaired) electrons. The molecule has 3 rings (SSSR count). The van der Waals surface area contributed by atoms with Crippen molar-refractivity contribution < 1.29 is 9.26 Å². The highest BCUT2D eigenvalue weighted by molar-refractivity contribution is 6.30. The highest BCUT2D eigenvalue weighted by Gasteiger charge is 2.25. The summed E-state index contributed by atoms with van der Waals surface area (Å²) in [5, 5.41) is 4.84. The van der Waals surface area contributed by atoms with Crippen LogP contribution in [0.5, 0.6) is 0 Å². The molecular weight excluding hydrogens is 314 g/mol. The first kappa shape index (κ1) is 16.4. The third kappa shape index (κ3) is 4.10. The molecule has 0 N–H and O–H groups in total. The maximum absolute atomic E-state index is 5.95. The Morgan fingerprint density at radius 2 is 2.00 bits per heavy atom. The summed E-state index contributed by atoms with van der Waals surface area (Å²) in [7, 11) is 0. The molecule has 1 aliphatic rings. The van der Waals surface area contributed by atoms with Crippen LogP contribution in [0.2, 0.25) is 5.02 Å². The average Bonchev–Trinajstić information content (AvgIpc) is 2.97. The van der Waals surface area contributed by atoms with Crippen molar-refractivity contribution in [3.05, 3.63) is 46.6 Å². The molecule has 23 heavy (non-hydrogen) atoms. The maximum Gasteiger partial charge on any atom is 0.232 e. The normalized spacial score (nSPS) is 19.9. The van der Waals surface area contributed by atoms with E-state index in [4.69, 9.17) is 20.9 Å². The maximum atomic E-state index is 5.95. The van der Waals surface area contributed by atoms with E-state index < -0.39 is 0 Å². The molecule has 2 heterocycles. The van der Waals surface area contributed by atoms with Gasteiger partial charge in [0.15, 0.2) is 5.82 Å². The van der Waals surface area contributed by atoms with Gasteiger partial charge >= 0.3 is 0 Å². The fourth-order valence-electron chi connectivity index (χ4n) is 2.55. The van der Waals surface area contributed by atoms with Gasteiger partial charge in [0.1, 0.15) is 0 Å². The number of aromatic nitrogens is 2. The zero-order valence-corrected chi connectivity index (χ0v) is 14.5. The number of ether oxygens (including phenoxy) is 1. The van der Waals surface area contributed by atoms with Crippen molar-refractivity contribution in [3.63, 3.8) is 0 Å². The van der Waals surface area contributed by atoms with Gasteiger partial charge < -0.3 is 9.26 Å². The Morgan fingerprint density at radius 1 is 1.26 bits per heavy atom. The molecule has 5 nitrogen and oxygen atoms in total. The van der Waals surface area contributed by atoms with E-state index in [1.54, 1.807) is 0 Å². The van der Waals surface area contributed by atoms with Crippen LogP contribution in [-0.4, -0.2) is 34.7 Å². The van der Waals surface area contributed by atoms with Crippen molar-refractivity contribution in [2.45, 2.75) is 38.8 Å². The lowest BCUT2D eigenvalue weighted by molar-refractivity contribution is -0.0338. The molecular formula is C17H22ClN3O2. The molecule has 1 atom stereocenters. The minimum Gasteiger partial charge on any atom is -0.371 e. The van der Waals surface area contributed by atoms with Crippen molar-refractivity contribution in [1.29, 1.82) is 0 Å². The van der Waals surface area contributed by atoms with Crippen LogP contribution in [0.25, 0.3) is 0 Å². The SMILES string of the molecule is CC(C)(C)c1nc(CN2CCO[C@@H](c3ccc(Cl)cc3)C2)no1. The molecule has 2 aromatic rings. The number of morpholine rings is 1. The van der Waals surface area contributed by atoms with Crippen LogP contribution in [0.15, 0.2) is 28.8 Å². The summed E-state index contributed by atoms with van der Waals surface area (Å²) < 4.78 is 11.2. The van der Waals surface area contributed by atoms with E-state index >= 15 is 0 Å². The van der Waals surface area contributed by atoms with E-state index in [1.807, 2.05) is 24.3 Å². The molecule has 0 spiro atoms. The summed E-state index contributed by atoms with van der Waals surface area (Å²) in [6, 6.07) is 7.83. The van der Waals surface area contributed by atoms with Gasteiger partial charge in [0.25, 0.3) is 0 Å². The van der Waals surface area contributed by atoms with Crippen molar-refractivity contribution in [2.24, 2.45) is 0 Å². The highest BCUT2D eigenvalue weighted by Crippen LogP contribution is 2.25. The van der Waals surface area contributed by atoms with Crippen molar-refractivity contribution in [3.8, 4) is 0 Å². The fraction of sp³-hybridized carbons (Fsp3) is 0.529. The summed E-state index contributed by atoms with van der Waals surface area (Å²) >= 11 is 5.95. The first-order valence-electron chi connectivity index (χ1n) is 7.84. The fourth-order valence-corrected chi connectivity index (χ4v) is 2.67. The Labute approximate surface area is 141 Å². The first-order valence-corrected chi connectivity index (χ1v) is 8.22. The van der Waals surface area contributed by atoms with E-state index in [0.29, 0.717) is 19.0 Å². The molecule has 0 amide bonds. The van der Waals surface area contributed by atoms with Gasteiger partial charge in [0.2, 0.25) is 5.89 Å². The van der Waals surface area contributed by atoms with Gasteiger partial charge in [0, 0.05) is 23.5 Å². The summed E-state index contributed by atoms with van der Waals surface area (Å²) in [6.45, 7) is 9.23. The summed E-state index contributed by atoms with van der Waals surface area (Å²) in [6.07, 6.45) is 0.0509. The van der Waals surface area contributed by atoms with Gasteiger partial charge in [-0.05, 0) is 17.7 Å². The quantitative estimate of drug-likeness (QED) is 0.857. The summed E-state index contributed by atoms with van der Waals surface area (Å²) in [5.74, 6) is 1.40. The molecule has 0 bridgehead atoms. The van der Waals surface area contributed by atoms with Gasteiger partial charge in [-0.1, -0.05) is 49.7 Å². The molecule has 6 heteroatoms. The van der Waals surface area contributed by atoms with Crippen molar-refractivity contribution in [1.82, 2.24) is 15.0 Å². The minimum atomic E-state index is -0.123. The monoisotopic (exact) mass is 335 g/mol. The van der Waals surface area contributed by atoms with Crippen LogP contribution in [-0.2, 0) is 16.7 Å². The van der Waals surface area contributed by atoms with E-state index in [1.165, 1.54) is 0 Å². The van der Waals surface area contributed by atoms with Gasteiger partial charge in [0.05, 0.1) is 19.3 Å². The Balaban J connectivity index is 1.64. The predicted molar refractivity (Wildman–Crippen MR) is 88.4 cm³/mol. The Bertz CT molecular complexity index is 649. The van der Waals surface area contributed by atoms with Crippen LogP contribution in [0.4, 0.5) is 0 Å². The lowest BCUT2D eigenvalue weighted by Gasteiger charge is -2.32. The van der Waals surface area contributed by atoms with E-state index in [2.05, 4.69) is 35.8 Å². The smallest absolute Gasteiger partial charge is 0.232 e. The van der Waals surface area contributed by atoms with Crippen molar-refractivity contribution in [2.75, 3.05) is 19.7 Å². The summed E-state index contributed by atoms with van der Waals surface area (Å²) in [4.78, 5) is 6.80. The molecule has 0 aliphatic carbocycles. The number of rotatable bonds is 3. The molecule has 1 aromatic carbocycles. The lowest BCUT2D eigenvalue weighted by atomic mass is 9.97. The van der Waals surface area contributed by atoms with Gasteiger partial charge in [-0.3, -0.25) is 4.90 Å². The van der Waals surface area contributed by atoms with Crippen LogP contribution >= 0.6 is 11.6 Å². The average molecular weight is 336 g/mol. The number of nitrogens with zero attached hydrogens (tertiary/aromatic N) is 3. The first-order chi connectivity index (χ1) is 10.9. The largest absolute Gasteiger partial charge is 0.371 e. The molecule has 1 saturated heterocycles. The molecule has 1 fully saturated rings. The van der Waals surface area contributed by atoms with Gasteiger partial charge in [-0.15, -0.1) is 0 Å². The van der Waals surface area contributed by atoms with E-state index in [9.17, 15) is 0 Å². The minimum absolute atomic E-state index is 0.0509. The number of halogens is 1. The zero-order valence-electron chi connectivity index (χ0n) is 13.8. The van der Waals surface area contributed by atoms with Crippen LogP contribution in [0.3, 0.4) is 0 Å². The Kier molecular flexibility index (Phi) is 4.71. The topological polar surface area (TPSA) is 51.4 Å². The van der Waals surface area contributed by atoms with Gasteiger partial charge in [-0.25, -0.2) is 0 Å².